The van der Waals surface area contributed by atoms with E-state index in [0.29, 0.717) is 87.0 Å². The molecule has 6 aromatic heterocycles. The van der Waals surface area contributed by atoms with Crippen molar-refractivity contribution in [3.8, 4) is 80.0 Å². The standard InChI is InChI=1S/C24H24N6O.C23H29N5O5S.C21H16N4O2.3H2/c1-16-22(23-27-28-24(31-23)30(5)20-9-7-6-8-10-20)26-21(15-25-16)19-13-11-18(12-14-19)17(2)29(3)4;1-14(2)34(30,31)17-9-7-16(8-10-17)18-13-25-15(3)20(26-18)21-28-27-19(32-21)11-12-24-22(29)33-23(4,5)6;1-13-19(21-25-24-20(27-21)15-7-4-3-5-8-15)23-18(12-22-13)17-10-6-9-16(11-17)14(2)26;;;/h6-15H,2H2,1,3-5H3;7-10,13-14H,11-12H2,1-6H3,(H,24,29);3-12H,1-2H3;3*1H. The van der Waals surface area contributed by atoms with Crippen LogP contribution >= 0.6 is 0 Å². The zero-order valence-electron chi connectivity index (χ0n) is 53.1. The van der Waals surface area contributed by atoms with Crippen molar-refractivity contribution in [1.82, 2.24) is 70.7 Å². The summed E-state index contributed by atoms with van der Waals surface area (Å²) in [6.45, 7) is 20.1. The van der Waals surface area contributed by atoms with E-state index in [-0.39, 0.29) is 27.4 Å². The quantitative estimate of drug-likeness (QED) is 0.0828. The SMILES string of the molecule is C=C(c1ccc(-c2cnc(C)c(-c3nnc(N(C)c4ccccc4)o3)n2)cc1)N(C)C.CC(=O)c1cccc(-c2cnc(C)c(-c3nnc(-c4ccccc4)o3)n2)c1.Cc1ncc(-c2ccc(S(=O)(=O)C(C)C)cc2)nc1-c1nnc(CCNC(=O)OC(C)(C)C)o1.[HH].[HH].[HH]. The number of benzene rings is 5. The molecule has 0 aliphatic carbocycles. The molecule has 476 valence electrons. The summed E-state index contributed by atoms with van der Waals surface area (Å²) in [4.78, 5) is 54.8. The highest BCUT2D eigenvalue weighted by Gasteiger charge is 2.23. The van der Waals surface area contributed by atoms with Crippen LogP contribution in [0.25, 0.3) is 85.7 Å². The average Bonchev–Trinajstić information content (AvgIpc) is 1.78. The molecule has 0 spiro atoms. The van der Waals surface area contributed by atoms with Crippen LogP contribution in [0, 0.1) is 20.8 Å². The van der Waals surface area contributed by atoms with Crippen molar-refractivity contribution in [2.24, 2.45) is 0 Å². The first-order chi connectivity index (χ1) is 43.9. The average molecular weight is 1260 g/mol. The number of hydrogen-bond donors (Lipinski definition) is 1. The molecule has 6 heterocycles. The van der Waals surface area contributed by atoms with Gasteiger partial charge in [-0.3, -0.25) is 24.6 Å². The lowest BCUT2D eigenvalue weighted by Crippen LogP contribution is -2.33. The van der Waals surface area contributed by atoms with Gasteiger partial charge in [0.2, 0.25) is 11.8 Å². The van der Waals surface area contributed by atoms with Crippen LogP contribution < -0.4 is 10.2 Å². The second-order valence-corrected chi connectivity index (χ2v) is 25.0. The smallest absolute Gasteiger partial charge is 0.407 e. The molecule has 11 aromatic rings. The highest BCUT2D eigenvalue weighted by molar-refractivity contribution is 7.92. The molecule has 5 aromatic carbocycles. The fraction of sp³-hybridized carbons (Fsp3) is 0.235. The Hall–Kier alpha value is -11.0. The fourth-order valence-electron chi connectivity index (χ4n) is 8.71. The molecule has 0 atom stereocenters. The van der Waals surface area contributed by atoms with E-state index in [1.54, 1.807) is 96.5 Å². The molecule has 0 unspecified atom stereocenters. The number of nitrogens with one attached hydrogen (secondary N) is 1. The van der Waals surface area contributed by atoms with E-state index in [0.717, 1.165) is 45.0 Å². The largest absolute Gasteiger partial charge is 0.444 e. The number of hydrogen-bond acceptors (Lipinski definition) is 22. The molecule has 11 rings (SSSR count). The lowest BCUT2D eigenvalue weighted by molar-refractivity contribution is 0.0527. The summed E-state index contributed by atoms with van der Waals surface area (Å²) in [5.74, 6) is 1.61. The molecule has 0 aliphatic heterocycles. The maximum Gasteiger partial charge on any atom is 0.407 e. The third-order valence-electron chi connectivity index (χ3n) is 14.0. The van der Waals surface area contributed by atoms with Crippen LogP contribution in [-0.2, 0) is 21.0 Å². The number of ketones is 1. The van der Waals surface area contributed by atoms with Crippen LogP contribution in [0.4, 0.5) is 16.5 Å². The maximum atomic E-state index is 12.4. The molecule has 1 N–H and O–H groups in total. The first-order valence-corrected chi connectivity index (χ1v) is 30.7. The number of rotatable bonds is 17. The Labute approximate surface area is 537 Å². The number of nitrogens with zero attached hydrogens (tertiary/aromatic N) is 14. The topological polar surface area (TPSA) is 290 Å². The minimum atomic E-state index is -3.36. The van der Waals surface area contributed by atoms with Gasteiger partial charge in [0.05, 0.1) is 62.9 Å². The summed E-state index contributed by atoms with van der Waals surface area (Å²) >= 11 is 0. The Balaban J connectivity index is 0.000000223. The molecule has 23 nitrogen and oxygen atoms in total. The van der Waals surface area contributed by atoms with Gasteiger partial charge < -0.3 is 28.2 Å². The number of para-hydroxylation sites is 1. The van der Waals surface area contributed by atoms with E-state index in [9.17, 15) is 18.0 Å². The number of anilines is 2. The normalized spacial score (nSPS) is 11.2. The number of ether oxygens (including phenoxy) is 1. The lowest BCUT2D eigenvalue weighted by atomic mass is 10.1. The van der Waals surface area contributed by atoms with Crippen molar-refractivity contribution in [1.29, 1.82) is 0 Å². The van der Waals surface area contributed by atoms with Gasteiger partial charge in [0.15, 0.2) is 15.6 Å². The third-order valence-corrected chi connectivity index (χ3v) is 16.1. The van der Waals surface area contributed by atoms with E-state index in [1.165, 1.54) is 6.92 Å². The van der Waals surface area contributed by atoms with Gasteiger partial charge in [-0.15, -0.1) is 25.5 Å². The summed E-state index contributed by atoms with van der Waals surface area (Å²) in [5, 5.41) is 26.9. The van der Waals surface area contributed by atoms with Gasteiger partial charge in [-0.25, -0.2) is 28.2 Å². The van der Waals surface area contributed by atoms with Crippen LogP contribution in [-0.4, -0.2) is 124 Å². The van der Waals surface area contributed by atoms with Crippen LogP contribution in [0.5, 0.6) is 0 Å². The van der Waals surface area contributed by atoms with E-state index in [2.05, 4.69) is 67.4 Å². The molecule has 0 bridgehead atoms. The Morgan fingerprint density at radius 2 is 1.08 bits per heavy atom. The number of carbonyl (C=O) groups is 2. The van der Waals surface area contributed by atoms with E-state index in [4.69, 9.17) is 23.0 Å². The predicted molar refractivity (Wildman–Crippen MR) is 356 cm³/mol. The molecular weight excluding hydrogens is 1190 g/mol. The van der Waals surface area contributed by atoms with Crippen molar-refractivity contribution < 1.29 is 40.3 Å². The third kappa shape index (κ3) is 16.2. The number of aromatic nitrogens is 12. The Bertz CT molecular complexity index is 4510. The van der Waals surface area contributed by atoms with Gasteiger partial charge in [-0.05, 0) is 110 Å². The molecule has 92 heavy (non-hydrogen) atoms. The van der Waals surface area contributed by atoms with E-state index >= 15 is 0 Å². The minimum Gasteiger partial charge on any atom is -0.444 e. The van der Waals surface area contributed by atoms with Crippen molar-refractivity contribution in [3.63, 3.8) is 0 Å². The molecule has 0 aliphatic rings. The lowest BCUT2D eigenvalue weighted by Gasteiger charge is -2.19. The molecule has 0 saturated heterocycles. The summed E-state index contributed by atoms with van der Waals surface area (Å²) in [6, 6.07) is 41.7. The minimum absolute atomic E-state index is 0. The van der Waals surface area contributed by atoms with Crippen molar-refractivity contribution >= 4 is 39.1 Å². The molecule has 24 heteroatoms. The first-order valence-electron chi connectivity index (χ1n) is 29.2. The summed E-state index contributed by atoms with van der Waals surface area (Å²) < 4.78 is 47.3. The van der Waals surface area contributed by atoms with Crippen molar-refractivity contribution in [2.45, 2.75) is 84.5 Å². The van der Waals surface area contributed by atoms with Gasteiger partial charge in [0.25, 0.3) is 17.7 Å². The second-order valence-electron chi connectivity index (χ2n) is 22.5. The number of amides is 1. The maximum absolute atomic E-state index is 12.4. The zero-order chi connectivity index (χ0) is 65.9. The Morgan fingerprint density at radius 3 is 1.62 bits per heavy atom. The zero-order valence-corrected chi connectivity index (χ0v) is 53.9. The molecule has 0 radical (unpaired) electrons. The van der Waals surface area contributed by atoms with Gasteiger partial charge in [0, 0.05) is 77.6 Å². The summed E-state index contributed by atoms with van der Waals surface area (Å²) in [6.07, 6.45) is 4.83. The van der Waals surface area contributed by atoms with Gasteiger partial charge >= 0.3 is 12.1 Å². The van der Waals surface area contributed by atoms with Gasteiger partial charge in [-0.1, -0.05) is 103 Å². The van der Waals surface area contributed by atoms with Crippen LogP contribution in [0.2, 0.25) is 0 Å². The summed E-state index contributed by atoms with van der Waals surface area (Å²) in [5.41, 5.74) is 11.7. The highest BCUT2D eigenvalue weighted by atomic mass is 32.2. The van der Waals surface area contributed by atoms with Gasteiger partial charge in [-0.2, -0.15) is 0 Å². The second kappa shape index (κ2) is 28.6. The number of carbonyl (C=O) groups excluding carboxylic acids is 2. The molecule has 1 amide bonds. The van der Waals surface area contributed by atoms with Crippen LogP contribution in [0.3, 0.4) is 0 Å². The van der Waals surface area contributed by atoms with Crippen LogP contribution in [0.15, 0.2) is 177 Å². The fourth-order valence-corrected chi connectivity index (χ4v) is 9.77. The van der Waals surface area contributed by atoms with Gasteiger partial charge in [0.1, 0.15) is 22.7 Å². The number of Topliss-reactive ketones (excluding diaryl/α,β-unsaturated/α-hetero) is 1. The highest BCUT2D eigenvalue weighted by Crippen LogP contribution is 2.31. The number of aryl methyl sites for hydroxylation is 3. The monoisotopic (exact) mass is 1260 g/mol. The summed E-state index contributed by atoms with van der Waals surface area (Å²) in [7, 11) is 2.47. The van der Waals surface area contributed by atoms with Crippen LogP contribution in [0.1, 0.15) is 84.7 Å². The number of sulfone groups is 1. The molecule has 0 saturated carbocycles. The van der Waals surface area contributed by atoms with Crippen molar-refractivity contribution in [3.05, 3.63) is 193 Å². The molecular formula is C68H75N15O8S. The van der Waals surface area contributed by atoms with E-state index < -0.39 is 26.8 Å². The van der Waals surface area contributed by atoms with Crippen molar-refractivity contribution in [2.75, 3.05) is 32.6 Å². The number of alkyl carbamates (subject to hydrolysis) is 1. The first kappa shape index (κ1) is 65.4. The molecule has 0 fully saturated rings. The Morgan fingerprint density at radius 1 is 0.587 bits per heavy atom. The Kier molecular flexibility index (Phi) is 20.4. The van der Waals surface area contributed by atoms with E-state index in [1.807, 2.05) is 142 Å². The predicted octanol–water partition coefficient (Wildman–Crippen LogP) is 13.7.